The molecular weight excluding hydrogens is 589 g/mol. The van der Waals surface area contributed by atoms with Gasteiger partial charge in [0, 0.05) is 38.5 Å². The van der Waals surface area contributed by atoms with Gasteiger partial charge in [-0.15, -0.1) is 0 Å². The van der Waals surface area contributed by atoms with Crippen LogP contribution >= 0.6 is 0 Å². The Bertz CT molecular complexity index is 2500. The molecule has 0 unspecified atom stereocenters. The summed E-state index contributed by atoms with van der Waals surface area (Å²) >= 11 is 0. The van der Waals surface area contributed by atoms with Gasteiger partial charge < -0.3 is 9.32 Å². The van der Waals surface area contributed by atoms with Crippen LogP contribution in [0.1, 0.15) is 0 Å². The van der Waals surface area contributed by atoms with Crippen LogP contribution in [0.5, 0.6) is 0 Å². The summed E-state index contributed by atoms with van der Waals surface area (Å²) in [7, 11) is 0. The van der Waals surface area contributed by atoms with E-state index in [1.165, 1.54) is 5.39 Å². The second kappa shape index (κ2) is 11.6. The van der Waals surface area contributed by atoms with Crippen molar-refractivity contribution in [1.29, 1.82) is 0 Å². The van der Waals surface area contributed by atoms with Crippen LogP contribution in [0.4, 0.5) is 17.1 Å². The van der Waals surface area contributed by atoms with Gasteiger partial charge in [0.1, 0.15) is 5.58 Å². The maximum atomic E-state index is 6.80. The quantitative estimate of drug-likeness (QED) is 0.186. The smallest absolute Gasteiger partial charge is 0.164 e. The minimum absolute atomic E-state index is 0.590. The first-order valence-electron chi connectivity index (χ1n) is 16.0. The van der Waals surface area contributed by atoms with Gasteiger partial charge in [-0.25, -0.2) is 15.0 Å². The third kappa shape index (κ3) is 4.86. The first-order valence-corrected chi connectivity index (χ1v) is 16.0. The summed E-state index contributed by atoms with van der Waals surface area (Å²) in [5.74, 6) is 1.84. The van der Waals surface area contributed by atoms with Crippen molar-refractivity contribution in [2.75, 3.05) is 4.90 Å². The van der Waals surface area contributed by atoms with Crippen molar-refractivity contribution in [3.63, 3.8) is 0 Å². The lowest BCUT2D eigenvalue weighted by Crippen LogP contribution is -2.10. The third-order valence-electron chi connectivity index (χ3n) is 8.70. The van der Waals surface area contributed by atoms with Crippen molar-refractivity contribution in [1.82, 2.24) is 15.0 Å². The molecule has 0 aliphatic heterocycles. The normalized spacial score (nSPS) is 11.3. The molecule has 0 fully saturated rings. The molecule has 0 radical (unpaired) electrons. The van der Waals surface area contributed by atoms with Gasteiger partial charge >= 0.3 is 0 Å². The Morgan fingerprint density at radius 3 is 1.65 bits per heavy atom. The molecule has 2 aromatic heterocycles. The third-order valence-corrected chi connectivity index (χ3v) is 8.70. The molecule has 0 aliphatic rings. The zero-order valence-electron chi connectivity index (χ0n) is 25.9. The molecule has 0 saturated carbocycles. The molecule has 0 saturated heterocycles. The van der Waals surface area contributed by atoms with Gasteiger partial charge in [0.25, 0.3) is 0 Å². The van der Waals surface area contributed by atoms with Crippen molar-refractivity contribution < 1.29 is 4.42 Å². The van der Waals surface area contributed by atoms with E-state index >= 15 is 0 Å². The van der Waals surface area contributed by atoms with Crippen LogP contribution in [0.3, 0.4) is 0 Å². The van der Waals surface area contributed by atoms with E-state index in [0.717, 1.165) is 61.1 Å². The highest BCUT2D eigenvalue weighted by atomic mass is 16.3. The minimum atomic E-state index is 0.590. The second-order valence-corrected chi connectivity index (χ2v) is 11.7. The van der Waals surface area contributed by atoms with Crippen LogP contribution in [0.2, 0.25) is 0 Å². The largest absolute Gasteiger partial charge is 0.454 e. The number of aromatic nitrogens is 3. The SMILES string of the molecule is c1ccc(-c2nc(-c3ccccc3)nc(-c3ccc4c(c3)oc3c(N(c5ccccc5)c5cccc6ccccc56)cccc34)n2)cc1. The van der Waals surface area contributed by atoms with Crippen LogP contribution in [-0.2, 0) is 0 Å². The fourth-order valence-electron chi connectivity index (χ4n) is 6.42. The highest BCUT2D eigenvalue weighted by Crippen LogP contribution is 2.44. The molecule has 226 valence electrons. The molecule has 0 amide bonds. The molecular formula is C43H28N4O. The number of furan rings is 1. The average Bonchev–Trinajstić information content (AvgIpc) is 3.55. The molecule has 0 aliphatic carbocycles. The number of hydrogen-bond donors (Lipinski definition) is 0. The zero-order chi connectivity index (χ0) is 31.9. The maximum absolute atomic E-state index is 6.80. The molecule has 2 heterocycles. The molecule has 7 aromatic carbocycles. The Kier molecular flexibility index (Phi) is 6.72. The molecule has 0 atom stereocenters. The van der Waals surface area contributed by atoms with Gasteiger partial charge in [-0.1, -0.05) is 133 Å². The summed E-state index contributed by atoms with van der Waals surface area (Å²) < 4.78 is 6.80. The van der Waals surface area contributed by atoms with E-state index < -0.39 is 0 Å². The van der Waals surface area contributed by atoms with Gasteiger partial charge in [0.2, 0.25) is 0 Å². The van der Waals surface area contributed by atoms with Crippen molar-refractivity contribution >= 4 is 49.8 Å². The summed E-state index contributed by atoms with van der Waals surface area (Å²) in [6, 6.07) is 58.0. The van der Waals surface area contributed by atoms with Crippen molar-refractivity contribution in [2.24, 2.45) is 0 Å². The number of para-hydroxylation sites is 2. The number of hydrogen-bond acceptors (Lipinski definition) is 5. The summed E-state index contributed by atoms with van der Waals surface area (Å²) in [6.45, 7) is 0. The molecule has 5 heteroatoms. The van der Waals surface area contributed by atoms with E-state index in [-0.39, 0.29) is 0 Å². The van der Waals surface area contributed by atoms with E-state index in [0.29, 0.717) is 17.5 Å². The fraction of sp³-hybridized carbons (Fsp3) is 0. The molecule has 9 aromatic rings. The van der Waals surface area contributed by atoms with E-state index in [1.54, 1.807) is 0 Å². The minimum Gasteiger partial charge on any atom is -0.454 e. The average molecular weight is 617 g/mol. The van der Waals surface area contributed by atoms with Gasteiger partial charge in [-0.3, -0.25) is 0 Å². The van der Waals surface area contributed by atoms with Gasteiger partial charge in [0.15, 0.2) is 23.1 Å². The maximum Gasteiger partial charge on any atom is 0.164 e. The van der Waals surface area contributed by atoms with Crippen LogP contribution in [0.15, 0.2) is 174 Å². The van der Waals surface area contributed by atoms with Crippen LogP contribution in [0.25, 0.3) is 66.9 Å². The van der Waals surface area contributed by atoms with Crippen LogP contribution < -0.4 is 4.90 Å². The lowest BCUT2D eigenvalue weighted by Gasteiger charge is -2.26. The molecule has 0 N–H and O–H groups in total. The standard InChI is InChI=1S/C43H28N4O/c1-4-15-30(16-5-1)41-44-42(31-17-6-2-7-18-31)46-43(45-41)32-26-27-35-36-23-13-25-38(40(36)48-39(35)28-32)47(33-20-8-3-9-21-33)37-24-12-19-29-14-10-11-22-34(29)37/h1-28H. The Hall–Kier alpha value is -6.59. The highest BCUT2D eigenvalue weighted by molar-refractivity contribution is 6.12. The monoisotopic (exact) mass is 616 g/mol. The second-order valence-electron chi connectivity index (χ2n) is 11.7. The predicted molar refractivity (Wildman–Crippen MR) is 196 cm³/mol. The lowest BCUT2D eigenvalue weighted by molar-refractivity contribution is 0.669. The van der Waals surface area contributed by atoms with Gasteiger partial charge in [-0.2, -0.15) is 0 Å². The molecule has 5 nitrogen and oxygen atoms in total. The summed E-state index contributed by atoms with van der Waals surface area (Å²) in [5, 5.41) is 4.42. The van der Waals surface area contributed by atoms with Crippen molar-refractivity contribution in [2.45, 2.75) is 0 Å². The highest BCUT2D eigenvalue weighted by Gasteiger charge is 2.21. The van der Waals surface area contributed by atoms with Gasteiger partial charge in [-0.05, 0) is 41.8 Å². The summed E-state index contributed by atoms with van der Waals surface area (Å²) in [5.41, 5.74) is 7.40. The van der Waals surface area contributed by atoms with E-state index in [9.17, 15) is 0 Å². The lowest BCUT2D eigenvalue weighted by atomic mass is 10.1. The topological polar surface area (TPSA) is 55.1 Å². The molecule has 0 spiro atoms. The number of nitrogens with zero attached hydrogens (tertiary/aromatic N) is 4. The first kappa shape index (κ1) is 27.7. The predicted octanol–water partition coefficient (Wildman–Crippen LogP) is 11.4. The Labute approximate surface area is 277 Å². The summed E-state index contributed by atoms with van der Waals surface area (Å²) in [4.78, 5) is 17.0. The number of rotatable bonds is 6. The van der Waals surface area contributed by atoms with Crippen molar-refractivity contribution in [3.8, 4) is 34.2 Å². The summed E-state index contributed by atoms with van der Waals surface area (Å²) in [6.07, 6.45) is 0. The van der Waals surface area contributed by atoms with E-state index in [1.807, 2.05) is 72.8 Å². The molecule has 48 heavy (non-hydrogen) atoms. The van der Waals surface area contributed by atoms with Crippen LogP contribution in [0, 0.1) is 0 Å². The zero-order valence-corrected chi connectivity index (χ0v) is 25.9. The number of anilines is 3. The Morgan fingerprint density at radius 1 is 0.396 bits per heavy atom. The molecule has 0 bridgehead atoms. The van der Waals surface area contributed by atoms with E-state index in [4.69, 9.17) is 19.4 Å². The molecule has 9 rings (SSSR count). The number of benzene rings is 7. The van der Waals surface area contributed by atoms with Crippen molar-refractivity contribution in [3.05, 3.63) is 170 Å². The van der Waals surface area contributed by atoms with Gasteiger partial charge in [0.05, 0.1) is 11.4 Å². The first-order chi connectivity index (χ1) is 23.8. The number of fused-ring (bicyclic) bond motifs is 4. The fourth-order valence-corrected chi connectivity index (χ4v) is 6.42. The van der Waals surface area contributed by atoms with E-state index in [2.05, 4.69) is 102 Å². The van der Waals surface area contributed by atoms with Crippen LogP contribution in [-0.4, -0.2) is 15.0 Å². The Morgan fingerprint density at radius 2 is 0.938 bits per heavy atom. The Balaban J connectivity index is 1.23.